The van der Waals surface area contributed by atoms with Gasteiger partial charge < -0.3 is 0 Å². The second-order valence-corrected chi connectivity index (χ2v) is 9.37. The van der Waals surface area contributed by atoms with Gasteiger partial charge in [-0.05, 0) is 86.0 Å². The van der Waals surface area contributed by atoms with E-state index >= 15 is 0 Å². The fourth-order valence-electron chi connectivity index (χ4n) is 5.42. The maximum atomic E-state index is 13.1. The van der Waals surface area contributed by atoms with Gasteiger partial charge in [-0.2, -0.15) is 9.65 Å². The van der Waals surface area contributed by atoms with Crippen LogP contribution in [0.15, 0.2) is 48.3 Å². The van der Waals surface area contributed by atoms with Crippen LogP contribution in [0.5, 0.6) is 0 Å². The minimum atomic E-state index is -0.726. The van der Waals surface area contributed by atoms with Crippen LogP contribution in [0.25, 0.3) is 0 Å². The molecule has 1 aromatic carbocycles. The Kier molecular flexibility index (Phi) is 9.12. The molecule has 2 saturated carbocycles. The molecule has 0 bridgehead atoms. The second kappa shape index (κ2) is 12.0. The average Bonchev–Trinajstić information content (AvgIpc) is 2.79. The molecule has 0 atom stereocenters. The summed E-state index contributed by atoms with van der Waals surface area (Å²) in [4.78, 5) is 0. The van der Waals surface area contributed by atoms with E-state index in [1.165, 1.54) is 88.3 Å². The van der Waals surface area contributed by atoms with Crippen molar-refractivity contribution in [3.8, 4) is 6.07 Å². The monoisotopic (exact) mass is 411 g/mol. The van der Waals surface area contributed by atoms with Crippen molar-refractivity contribution in [1.29, 1.82) is 5.26 Å². The average molecular weight is 412 g/mol. The number of allylic oxidation sites excluding steroid dienone is 4. The summed E-state index contributed by atoms with van der Waals surface area (Å²) in [5.41, 5.74) is 1.31. The third kappa shape index (κ3) is 7.38. The summed E-state index contributed by atoms with van der Waals surface area (Å²) in [6, 6.07) is 8.62. The highest BCUT2D eigenvalue weighted by Crippen LogP contribution is 2.40. The molecule has 0 aromatic heterocycles. The second-order valence-electron chi connectivity index (χ2n) is 9.37. The van der Waals surface area contributed by atoms with Gasteiger partial charge in [0.15, 0.2) is 5.83 Å². The lowest BCUT2D eigenvalue weighted by Crippen LogP contribution is -2.17. The summed E-state index contributed by atoms with van der Waals surface area (Å²) < 4.78 is 25.8. The Labute approximate surface area is 180 Å². The molecule has 0 saturated heterocycles. The molecular weight excluding hydrogens is 376 g/mol. The minimum absolute atomic E-state index is 0.137. The third-order valence-electron chi connectivity index (χ3n) is 7.36. The molecule has 0 unspecified atom stereocenters. The Hall–Kier alpha value is -1.95. The van der Waals surface area contributed by atoms with Gasteiger partial charge in [-0.25, -0.2) is 4.39 Å². The zero-order valence-electron chi connectivity index (χ0n) is 18.0. The van der Waals surface area contributed by atoms with Crippen LogP contribution in [0.4, 0.5) is 8.78 Å². The van der Waals surface area contributed by atoms with E-state index in [-0.39, 0.29) is 5.82 Å². The fourth-order valence-corrected chi connectivity index (χ4v) is 5.42. The number of nitrogens with zero attached hydrogens (tertiary/aromatic N) is 1. The van der Waals surface area contributed by atoms with Crippen LogP contribution in [-0.2, 0) is 0 Å². The Morgan fingerprint density at radius 2 is 1.40 bits per heavy atom. The highest BCUT2D eigenvalue weighted by molar-refractivity contribution is 5.21. The first-order chi connectivity index (χ1) is 14.6. The van der Waals surface area contributed by atoms with Crippen LogP contribution >= 0.6 is 0 Å². The van der Waals surface area contributed by atoms with Crippen LogP contribution in [0.3, 0.4) is 0 Å². The lowest BCUT2D eigenvalue weighted by atomic mass is 9.74. The van der Waals surface area contributed by atoms with Gasteiger partial charge in [-0.15, -0.1) is 0 Å². The SMILES string of the molecule is N#CC(F)=CC=CCC[C@H]1CC[C@H](CC[C@H]2CC[C@H](c3ccc(F)cc3)CC2)CC1. The Bertz CT molecular complexity index is 727. The van der Waals surface area contributed by atoms with Gasteiger partial charge in [0.2, 0.25) is 0 Å². The first-order valence-electron chi connectivity index (χ1n) is 11.8. The van der Waals surface area contributed by atoms with Crippen molar-refractivity contribution in [2.75, 3.05) is 0 Å². The van der Waals surface area contributed by atoms with E-state index in [2.05, 4.69) is 0 Å². The molecule has 30 heavy (non-hydrogen) atoms. The summed E-state index contributed by atoms with van der Waals surface area (Å²) >= 11 is 0. The molecule has 0 aliphatic heterocycles. The number of nitriles is 1. The zero-order chi connectivity index (χ0) is 21.2. The Morgan fingerprint density at radius 3 is 1.97 bits per heavy atom. The van der Waals surface area contributed by atoms with Gasteiger partial charge >= 0.3 is 0 Å². The number of hydrogen-bond acceptors (Lipinski definition) is 1. The van der Waals surface area contributed by atoms with E-state index in [9.17, 15) is 8.78 Å². The highest BCUT2D eigenvalue weighted by atomic mass is 19.1. The molecule has 1 nitrogen and oxygen atoms in total. The van der Waals surface area contributed by atoms with Gasteiger partial charge in [-0.1, -0.05) is 62.8 Å². The van der Waals surface area contributed by atoms with Crippen molar-refractivity contribution in [2.45, 2.75) is 83.0 Å². The maximum absolute atomic E-state index is 13.1. The van der Waals surface area contributed by atoms with E-state index in [1.54, 1.807) is 18.2 Å². The quantitative estimate of drug-likeness (QED) is 0.311. The van der Waals surface area contributed by atoms with Crippen molar-refractivity contribution < 1.29 is 8.78 Å². The number of halogens is 2. The van der Waals surface area contributed by atoms with E-state index < -0.39 is 5.83 Å². The zero-order valence-corrected chi connectivity index (χ0v) is 18.0. The lowest BCUT2D eigenvalue weighted by molar-refractivity contribution is 0.225. The van der Waals surface area contributed by atoms with E-state index in [0.29, 0.717) is 5.92 Å². The van der Waals surface area contributed by atoms with Gasteiger partial charge in [0.25, 0.3) is 0 Å². The van der Waals surface area contributed by atoms with E-state index in [4.69, 9.17) is 5.26 Å². The largest absolute Gasteiger partial charge is 0.207 e. The van der Waals surface area contributed by atoms with E-state index in [0.717, 1.165) is 24.2 Å². The highest BCUT2D eigenvalue weighted by Gasteiger charge is 2.25. The van der Waals surface area contributed by atoms with Crippen LogP contribution < -0.4 is 0 Å². The van der Waals surface area contributed by atoms with Crippen molar-refractivity contribution in [2.24, 2.45) is 17.8 Å². The van der Waals surface area contributed by atoms with Crippen molar-refractivity contribution in [3.63, 3.8) is 0 Å². The first-order valence-corrected chi connectivity index (χ1v) is 11.8. The summed E-state index contributed by atoms with van der Waals surface area (Å²) in [5.74, 6) is 2.35. The lowest BCUT2D eigenvalue weighted by Gasteiger charge is -2.32. The Balaban J connectivity index is 1.27. The molecule has 162 valence electrons. The third-order valence-corrected chi connectivity index (χ3v) is 7.36. The molecule has 1 aromatic rings. The van der Waals surface area contributed by atoms with Crippen molar-refractivity contribution >= 4 is 0 Å². The molecule has 0 heterocycles. The molecule has 0 spiro atoms. The minimum Gasteiger partial charge on any atom is -0.207 e. The normalized spacial score (nSPS) is 27.8. The standard InChI is InChI=1S/C27H35F2N/c28-26-18-16-25(17-19-26)24-14-12-23(13-15-24)11-10-22-8-6-21(7-9-22)4-2-1-3-5-27(29)20-30/h1,3,5,16-19,21-24H,2,4,6-15H2/t21-,22-,23-,24-. The van der Waals surface area contributed by atoms with Crippen LogP contribution in [0.2, 0.25) is 0 Å². The maximum Gasteiger partial charge on any atom is 0.199 e. The molecule has 3 heteroatoms. The van der Waals surface area contributed by atoms with Gasteiger partial charge in [0.1, 0.15) is 11.9 Å². The van der Waals surface area contributed by atoms with Crippen LogP contribution in [0, 0.1) is 34.9 Å². The molecule has 0 amide bonds. The van der Waals surface area contributed by atoms with Gasteiger partial charge in [0.05, 0.1) is 0 Å². The molecule has 3 rings (SSSR count). The molecule has 2 aliphatic carbocycles. The smallest absolute Gasteiger partial charge is 0.199 e. The topological polar surface area (TPSA) is 23.8 Å². The van der Waals surface area contributed by atoms with Crippen molar-refractivity contribution in [1.82, 2.24) is 0 Å². The van der Waals surface area contributed by atoms with E-state index in [1.807, 2.05) is 18.2 Å². The number of benzene rings is 1. The van der Waals surface area contributed by atoms with Crippen molar-refractivity contribution in [3.05, 3.63) is 59.7 Å². The molecule has 2 aliphatic rings. The van der Waals surface area contributed by atoms with Crippen LogP contribution in [0.1, 0.15) is 88.5 Å². The fraction of sp³-hybridized carbons (Fsp3) is 0.593. The molecule has 2 fully saturated rings. The first kappa shape index (κ1) is 22.7. The van der Waals surface area contributed by atoms with Crippen LogP contribution in [-0.4, -0.2) is 0 Å². The summed E-state index contributed by atoms with van der Waals surface area (Å²) in [5, 5.41) is 8.38. The van der Waals surface area contributed by atoms with Gasteiger partial charge in [0, 0.05) is 0 Å². The summed E-state index contributed by atoms with van der Waals surface area (Å²) in [7, 11) is 0. The molecule has 0 radical (unpaired) electrons. The molecular formula is C27H35F2N. The summed E-state index contributed by atoms with van der Waals surface area (Å²) in [6.45, 7) is 0. The van der Waals surface area contributed by atoms with Gasteiger partial charge in [-0.3, -0.25) is 0 Å². The number of hydrogen-bond donors (Lipinski definition) is 0. The number of rotatable bonds is 8. The Morgan fingerprint density at radius 1 is 0.867 bits per heavy atom. The molecule has 0 N–H and O–H groups in total. The predicted octanol–water partition coefficient (Wildman–Crippen LogP) is 8.40. The summed E-state index contributed by atoms with van der Waals surface area (Å²) in [6.07, 6.45) is 20.3. The predicted molar refractivity (Wildman–Crippen MR) is 119 cm³/mol.